The summed E-state index contributed by atoms with van der Waals surface area (Å²) in [7, 11) is 0. The second kappa shape index (κ2) is 5.72. The van der Waals surface area contributed by atoms with E-state index in [9.17, 15) is 4.79 Å². The van der Waals surface area contributed by atoms with Crippen molar-refractivity contribution in [3.63, 3.8) is 0 Å². The molecule has 0 aromatic carbocycles. The monoisotopic (exact) mass is 291 g/mol. The number of carbonyl (C=O) groups excluding carboxylic acids is 1. The molecule has 0 atom stereocenters. The normalized spacial score (nSPS) is 15.6. The molecular formula is C13H17N5OS. The van der Waals surface area contributed by atoms with E-state index in [0.29, 0.717) is 0 Å². The van der Waals surface area contributed by atoms with Crippen LogP contribution in [0, 0.1) is 6.92 Å². The number of rotatable bonds is 3. The molecule has 1 saturated heterocycles. The van der Waals surface area contributed by atoms with E-state index in [0.717, 1.165) is 42.2 Å². The van der Waals surface area contributed by atoms with Crippen molar-refractivity contribution in [2.45, 2.75) is 6.92 Å². The van der Waals surface area contributed by atoms with E-state index >= 15 is 0 Å². The van der Waals surface area contributed by atoms with Gasteiger partial charge < -0.3 is 15.5 Å². The minimum absolute atomic E-state index is 0.116. The summed E-state index contributed by atoms with van der Waals surface area (Å²) in [6.45, 7) is 5.61. The fraction of sp³-hybridized carbons (Fsp3) is 0.462. The van der Waals surface area contributed by atoms with Crippen LogP contribution >= 0.6 is 11.3 Å². The van der Waals surface area contributed by atoms with Crippen molar-refractivity contribution in [1.82, 2.24) is 20.2 Å². The lowest BCUT2D eigenvalue weighted by atomic mass is 10.3. The molecule has 20 heavy (non-hydrogen) atoms. The van der Waals surface area contributed by atoms with Crippen LogP contribution in [-0.2, 0) is 4.79 Å². The van der Waals surface area contributed by atoms with Gasteiger partial charge in [0.2, 0.25) is 5.91 Å². The van der Waals surface area contributed by atoms with Gasteiger partial charge in [0, 0.05) is 31.1 Å². The van der Waals surface area contributed by atoms with E-state index in [2.05, 4.69) is 26.7 Å². The van der Waals surface area contributed by atoms with Crippen LogP contribution in [0.15, 0.2) is 12.4 Å². The summed E-state index contributed by atoms with van der Waals surface area (Å²) in [6, 6.07) is 2.05. The zero-order valence-electron chi connectivity index (χ0n) is 11.3. The standard InChI is InChI=1S/C13H17N5OS/c1-9-6-10-12(16-8-17-13(10)20-9)15-7-11(19)18-4-2-14-3-5-18/h6,8,14H,2-5,7H2,1H3,(H,15,16,17). The van der Waals surface area contributed by atoms with Crippen molar-refractivity contribution in [2.75, 3.05) is 38.0 Å². The predicted octanol–water partition coefficient (Wildman–Crippen LogP) is 0.843. The highest BCUT2D eigenvalue weighted by Gasteiger charge is 2.16. The van der Waals surface area contributed by atoms with Gasteiger partial charge in [0.05, 0.1) is 11.9 Å². The van der Waals surface area contributed by atoms with Gasteiger partial charge in [0.25, 0.3) is 0 Å². The number of fused-ring (bicyclic) bond motifs is 1. The van der Waals surface area contributed by atoms with Crippen molar-refractivity contribution in [2.24, 2.45) is 0 Å². The number of nitrogens with zero attached hydrogens (tertiary/aromatic N) is 3. The summed E-state index contributed by atoms with van der Waals surface area (Å²) in [4.78, 5) is 24.6. The Morgan fingerprint density at radius 2 is 2.25 bits per heavy atom. The first-order valence-electron chi connectivity index (χ1n) is 6.67. The Bertz CT molecular complexity index is 620. The zero-order valence-corrected chi connectivity index (χ0v) is 12.2. The van der Waals surface area contributed by atoms with Gasteiger partial charge in [-0.25, -0.2) is 9.97 Å². The number of thiophene rings is 1. The van der Waals surface area contributed by atoms with E-state index < -0.39 is 0 Å². The zero-order chi connectivity index (χ0) is 13.9. The summed E-state index contributed by atoms with van der Waals surface area (Å²) in [6.07, 6.45) is 1.54. The minimum Gasteiger partial charge on any atom is -0.360 e. The molecule has 2 aromatic heterocycles. The number of hydrogen-bond donors (Lipinski definition) is 2. The Balaban J connectivity index is 1.68. The molecule has 1 aliphatic rings. The molecule has 2 N–H and O–H groups in total. The maximum absolute atomic E-state index is 12.1. The summed E-state index contributed by atoms with van der Waals surface area (Å²) < 4.78 is 0. The van der Waals surface area contributed by atoms with Crippen molar-refractivity contribution in [3.8, 4) is 0 Å². The highest BCUT2D eigenvalue weighted by atomic mass is 32.1. The van der Waals surface area contributed by atoms with E-state index in [1.54, 1.807) is 11.3 Å². The molecule has 1 amide bonds. The Labute approximate surface area is 121 Å². The number of carbonyl (C=O) groups is 1. The fourth-order valence-corrected chi connectivity index (χ4v) is 3.15. The first-order valence-corrected chi connectivity index (χ1v) is 7.49. The molecular weight excluding hydrogens is 274 g/mol. The topological polar surface area (TPSA) is 70.2 Å². The molecule has 3 heterocycles. The van der Waals surface area contributed by atoms with Crippen LogP contribution in [0.1, 0.15) is 4.88 Å². The number of amides is 1. The van der Waals surface area contributed by atoms with Crippen molar-refractivity contribution >= 4 is 33.3 Å². The molecule has 106 valence electrons. The number of aromatic nitrogens is 2. The third-order valence-corrected chi connectivity index (χ3v) is 4.29. The lowest BCUT2D eigenvalue weighted by molar-refractivity contribution is -0.129. The summed E-state index contributed by atoms with van der Waals surface area (Å²) >= 11 is 1.63. The molecule has 1 aliphatic heterocycles. The quantitative estimate of drug-likeness (QED) is 0.877. The lowest BCUT2D eigenvalue weighted by Gasteiger charge is -2.27. The molecule has 0 unspecified atom stereocenters. The molecule has 0 radical (unpaired) electrons. The van der Waals surface area contributed by atoms with Crippen molar-refractivity contribution in [1.29, 1.82) is 0 Å². The summed E-state index contributed by atoms with van der Waals surface area (Å²) in [5, 5.41) is 7.37. The van der Waals surface area contributed by atoms with Crippen LogP contribution in [-0.4, -0.2) is 53.5 Å². The SMILES string of the molecule is Cc1cc2c(NCC(=O)N3CCNCC3)ncnc2s1. The van der Waals surface area contributed by atoms with Gasteiger partial charge in [-0.3, -0.25) is 4.79 Å². The van der Waals surface area contributed by atoms with Crippen LogP contribution < -0.4 is 10.6 Å². The Morgan fingerprint density at radius 1 is 1.45 bits per heavy atom. The minimum atomic E-state index is 0.116. The number of nitrogens with one attached hydrogen (secondary N) is 2. The van der Waals surface area contributed by atoms with Gasteiger partial charge in [-0.1, -0.05) is 0 Å². The maximum atomic E-state index is 12.1. The largest absolute Gasteiger partial charge is 0.360 e. The highest BCUT2D eigenvalue weighted by molar-refractivity contribution is 7.18. The number of aryl methyl sites for hydroxylation is 1. The second-order valence-corrected chi connectivity index (χ2v) is 6.02. The molecule has 3 rings (SSSR count). The third-order valence-electron chi connectivity index (χ3n) is 3.33. The van der Waals surface area contributed by atoms with Crippen molar-refractivity contribution in [3.05, 3.63) is 17.3 Å². The van der Waals surface area contributed by atoms with Gasteiger partial charge in [-0.05, 0) is 13.0 Å². The Kier molecular flexibility index (Phi) is 3.79. The van der Waals surface area contributed by atoms with Gasteiger partial charge in [0.15, 0.2) is 0 Å². The smallest absolute Gasteiger partial charge is 0.242 e. The second-order valence-electron chi connectivity index (χ2n) is 4.78. The van der Waals surface area contributed by atoms with Crippen LogP contribution in [0.4, 0.5) is 5.82 Å². The molecule has 0 bridgehead atoms. The van der Waals surface area contributed by atoms with Crippen LogP contribution in [0.25, 0.3) is 10.2 Å². The first-order chi connectivity index (χ1) is 9.74. The molecule has 7 heteroatoms. The molecule has 0 spiro atoms. The Hall–Kier alpha value is -1.73. The molecule has 0 saturated carbocycles. The number of piperazine rings is 1. The van der Waals surface area contributed by atoms with E-state index in [-0.39, 0.29) is 12.5 Å². The van der Waals surface area contributed by atoms with Crippen LogP contribution in [0.5, 0.6) is 0 Å². The van der Waals surface area contributed by atoms with Crippen LogP contribution in [0.2, 0.25) is 0 Å². The average Bonchev–Trinajstić information content (AvgIpc) is 2.86. The van der Waals surface area contributed by atoms with Crippen molar-refractivity contribution < 1.29 is 4.79 Å². The van der Waals surface area contributed by atoms with Gasteiger partial charge in [-0.2, -0.15) is 0 Å². The third kappa shape index (κ3) is 2.73. The Morgan fingerprint density at radius 3 is 3.05 bits per heavy atom. The van der Waals surface area contributed by atoms with E-state index in [1.807, 2.05) is 11.8 Å². The number of hydrogen-bond acceptors (Lipinski definition) is 6. The first kappa shape index (κ1) is 13.3. The molecule has 0 aliphatic carbocycles. The summed E-state index contributed by atoms with van der Waals surface area (Å²) in [5.74, 6) is 0.855. The molecule has 6 nitrogen and oxygen atoms in total. The van der Waals surface area contributed by atoms with Gasteiger partial charge in [0.1, 0.15) is 17.0 Å². The van der Waals surface area contributed by atoms with E-state index in [1.165, 1.54) is 11.2 Å². The van der Waals surface area contributed by atoms with Gasteiger partial charge >= 0.3 is 0 Å². The molecule has 1 fully saturated rings. The molecule has 2 aromatic rings. The average molecular weight is 291 g/mol. The summed E-state index contributed by atoms with van der Waals surface area (Å²) in [5.41, 5.74) is 0. The maximum Gasteiger partial charge on any atom is 0.242 e. The van der Waals surface area contributed by atoms with Gasteiger partial charge in [-0.15, -0.1) is 11.3 Å². The predicted molar refractivity (Wildman–Crippen MR) is 80.1 cm³/mol. The van der Waals surface area contributed by atoms with Crippen LogP contribution in [0.3, 0.4) is 0 Å². The highest BCUT2D eigenvalue weighted by Crippen LogP contribution is 2.27. The lowest BCUT2D eigenvalue weighted by Crippen LogP contribution is -2.48. The fourth-order valence-electron chi connectivity index (χ4n) is 2.30. The van der Waals surface area contributed by atoms with E-state index in [4.69, 9.17) is 0 Å². The number of anilines is 1.